The maximum absolute atomic E-state index is 12.3. The Bertz CT molecular complexity index is 1320. The Morgan fingerprint density at radius 3 is 2.61 bits per heavy atom. The molecule has 0 aliphatic rings. The van der Waals surface area contributed by atoms with Gasteiger partial charge in [-0.2, -0.15) is 0 Å². The number of carbonyl (C=O) groups is 1. The number of ether oxygens (including phenoxy) is 3. The van der Waals surface area contributed by atoms with Gasteiger partial charge >= 0.3 is 6.36 Å². The number of halogens is 3. The van der Waals surface area contributed by atoms with E-state index in [-0.39, 0.29) is 18.3 Å². The molecule has 11 heteroatoms. The van der Waals surface area contributed by atoms with Crippen LogP contribution in [0.2, 0.25) is 0 Å². The van der Waals surface area contributed by atoms with E-state index in [0.29, 0.717) is 47.6 Å². The van der Waals surface area contributed by atoms with E-state index >= 15 is 0 Å². The van der Waals surface area contributed by atoms with Crippen LogP contribution in [0.25, 0.3) is 16.9 Å². The van der Waals surface area contributed by atoms with Gasteiger partial charge in [-0.05, 0) is 42.3 Å². The predicted octanol–water partition coefficient (Wildman–Crippen LogP) is 4.66. The van der Waals surface area contributed by atoms with Crippen molar-refractivity contribution in [2.24, 2.45) is 0 Å². The van der Waals surface area contributed by atoms with Crippen LogP contribution in [0.1, 0.15) is 22.3 Å². The summed E-state index contributed by atoms with van der Waals surface area (Å²) < 4.78 is 53.4. The molecular weight excluding hydrogens is 477 g/mol. The molecule has 1 amide bonds. The first-order chi connectivity index (χ1) is 17.3. The standard InChI is InChI=1S/C25H23F3N4O4/c1-34-11-3-10-29-24(33)18-12-22-23(30-14-18)32(16-31-22)19-4-2-5-21(13-19)35-15-17-6-8-20(9-7-17)36-25(26,27)28/h2,4-9,12-14,16H,3,10-11,15H2,1H3,(H,29,33). The van der Waals surface area contributed by atoms with Crippen molar-refractivity contribution in [3.05, 3.63) is 78.2 Å². The smallest absolute Gasteiger partial charge is 0.489 e. The molecule has 0 aliphatic heterocycles. The molecule has 0 saturated heterocycles. The van der Waals surface area contributed by atoms with Crippen LogP contribution in [0, 0.1) is 0 Å². The number of alkyl halides is 3. The van der Waals surface area contributed by atoms with Gasteiger partial charge in [-0.1, -0.05) is 18.2 Å². The highest BCUT2D eigenvalue weighted by Crippen LogP contribution is 2.24. The molecule has 1 N–H and O–H groups in total. The van der Waals surface area contributed by atoms with Crippen molar-refractivity contribution in [3.8, 4) is 17.2 Å². The minimum Gasteiger partial charge on any atom is -0.489 e. The van der Waals surface area contributed by atoms with E-state index in [0.717, 1.165) is 5.69 Å². The number of nitrogens with zero attached hydrogens (tertiary/aromatic N) is 3. The quantitative estimate of drug-likeness (QED) is 0.319. The third kappa shape index (κ3) is 6.51. The molecule has 0 bridgehead atoms. The number of imidazole rings is 1. The van der Waals surface area contributed by atoms with E-state index in [4.69, 9.17) is 9.47 Å². The van der Waals surface area contributed by atoms with Gasteiger partial charge in [0.2, 0.25) is 0 Å². The largest absolute Gasteiger partial charge is 0.573 e. The highest BCUT2D eigenvalue weighted by molar-refractivity contribution is 5.96. The summed E-state index contributed by atoms with van der Waals surface area (Å²) in [5, 5.41) is 2.82. The van der Waals surface area contributed by atoms with Crippen molar-refractivity contribution in [3.63, 3.8) is 0 Å². The molecule has 4 aromatic rings. The van der Waals surface area contributed by atoms with Gasteiger partial charge in [0, 0.05) is 32.5 Å². The predicted molar refractivity (Wildman–Crippen MR) is 125 cm³/mol. The SMILES string of the molecule is COCCCNC(=O)c1cnc2c(c1)ncn2-c1cccc(OCc2ccc(OC(F)(F)F)cc2)c1. The summed E-state index contributed by atoms with van der Waals surface area (Å²) in [5.41, 5.74) is 2.97. The second-order valence-electron chi connectivity index (χ2n) is 7.76. The van der Waals surface area contributed by atoms with Gasteiger partial charge < -0.3 is 19.5 Å². The molecule has 188 valence electrons. The van der Waals surface area contributed by atoms with Crippen LogP contribution < -0.4 is 14.8 Å². The van der Waals surface area contributed by atoms with E-state index in [2.05, 4.69) is 20.0 Å². The fourth-order valence-electron chi connectivity index (χ4n) is 3.41. The molecule has 0 fully saturated rings. The number of amides is 1. The van der Waals surface area contributed by atoms with E-state index in [9.17, 15) is 18.0 Å². The molecule has 0 atom stereocenters. The average Bonchev–Trinajstić information content (AvgIpc) is 3.29. The van der Waals surface area contributed by atoms with Gasteiger partial charge in [-0.15, -0.1) is 13.2 Å². The van der Waals surface area contributed by atoms with Gasteiger partial charge in [0.25, 0.3) is 5.91 Å². The van der Waals surface area contributed by atoms with Crippen molar-refractivity contribution < 1.29 is 32.2 Å². The second kappa shape index (κ2) is 11.1. The van der Waals surface area contributed by atoms with Crippen LogP contribution in [0.3, 0.4) is 0 Å². The minimum atomic E-state index is -4.73. The van der Waals surface area contributed by atoms with Crippen LogP contribution in [0.15, 0.2) is 67.1 Å². The van der Waals surface area contributed by atoms with Crippen molar-refractivity contribution in [1.82, 2.24) is 19.9 Å². The number of benzene rings is 2. The van der Waals surface area contributed by atoms with Gasteiger partial charge in [-0.25, -0.2) is 9.97 Å². The van der Waals surface area contributed by atoms with E-state index in [1.54, 1.807) is 42.3 Å². The molecule has 8 nitrogen and oxygen atoms in total. The first kappa shape index (κ1) is 25.0. The molecule has 2 aromatic heterocycles. The number of aromatic nitrogens is 3. The van der Waals surface area contributed by atoms with Crippen molar-refractivity contribution in [2.45, 2.75) is 19.4 Å². The number of pyridine rings is 1. The number of methoxy groups -OCH3 is 1. The Hall–Kier alpha value is -4.12. The zero-order valence-electron chi connectivity index (χ0n) is 19.3. The Balaban J connectivity index is 1.42. The first-order valence-electron chi connectivity index (χ1n) is 11.0. The number of carbonyl (C=O) groups excluding carboxylic acids is 1. The van der Waals surface area contributed by atoms with E-state index < -0.39 is 6.36 Å². The Kier molecular flexibility index (Phi) is 7.69. The molecule has 0 spiro atoms. The summed E-state index contributed by atoms with van der Waals surface area (Å²) in [6.07, 6.45) is -0.916. The highest BCUT2D eigenvalue weighted by atomic mass is 19.4. The first-order valence-corrected chi connectivity index (χ1v) is 11.0. The lowest BCUT2D eigenvalue weighted by Gasteiger charge is -2.11. The fraction of sp³-hybridized carbons (Fsp3) is 0.240. The average molecular weight is 500 g/mol. The topological polar surface area (TPSA) is 87.5 Å². The lowest BCUT2D eigenvalue weighted by atomic mass is 10.2. The molecule has 36 heavy (non-hydrogen) atoms. The van der Waals surface area contributed by atoms with Crippen molar-refractivity contribution in [1.29, 1.82) is 0 Å². The second-order valence-corrected chi connectivity index (χ2v) is 7.76. The van der Waals surface area contributed by atoms with Crippen LogP contribution in [0.4, 0.5) is 13.2 Å². The summed E-state index contributed by atoms with van der Waals surface area (Å²) in [4.78, 5) is 21.1. The summed E-state index contributed by atoms with van der Waals surface area (Å²) in [6, 6.07) is 14.4. The van der Waals surface area contributed by atoms with Crippen molar-refractivity contribution in [2.75, 3.05) is 20.3 Å². The van der Waals surface area contributed by atoms with Crippen LogP contribution >= 0.6 is 0 Å². The number of hydrogen-bond acceptors (Lipinski definition) is 6. The number of nitrogens with one attached hydrogen (secondary N) is 1. The normalized spacial score (nSPS) is 11.4. The molecule has 0 radical (unpaired) electrons. The summed E-state index contributed by atoms with van der Waals surface area (Å²) in [6.45, 7) is 1.22. The fourth-order valence-corrected chi connectivity index (χ4v) is 3.41. The molecule has 4 rings (SSSR count). The third-order valence-electron chi connectivity index (χ3n) is 5.12. The van der Waals surface area contributed by atoms with Gasteiger partial charge in [0.15, 0.2) is 5.65 Å². The van der Waals surface area contributed by atoms with E-state index in [1.807, 2.05) is 6.07 Å². The van der Waals surface area contributed by atoms with Gasteiger partial charge in [0.1, 0.15) is 29.9 Å². The van der Waals surface area contributed by atoms with Gasteiger partial charge in [0.05, 0.1) is 11.3 Å². The molecular formula is C25H23F3N4O4. The molecule has 0 unspecified atom stereocenters. The van der Waals surface area contributed by atoms with E-state index in [1.165, 1.54) is 30.5 Å². The monoisotopic (exact) mass is 500 g/mol. The summed E-state index contributed by atoms with van der Waals surface area (Å²) in [5.74, 6) is 0.0277. The van der Waals surface area contributed by atoms with Crippen molar-refractivity contribution >= 4 is 17.1 Å². The Morgan fingerprint density at radius 1 is 1.06 bits per heavy atom. The molecule has 0 saturated carbocycles. The summed E-state index contributed by atoms with van der Waals surface area (Å²) >= 11 is 0. The molecule has 2 aromatic carbocycles. The number of rotatable bonds is 10. The summed E-state index contributed by atoms with van der Waals surface area (Å²) in [7, 11) is 1.61. The minimum absolute atomic E-state index is 0.154. The zero-order chi connectivity index (χ0) is 25.5. The maximum Gasteiger partial charge on any atom is 0.573 e. The number of hydrogen-bond donors (Lipinski definition) is 1. The number of fused-ring (bicyclic) bond motifs is 1. The van der Waals surface area contributed by atoms with Crippen LogP contribution in [0.5, 0.6) is 11.5 Å². The Morgan fingerprint density at radius 2 is 1.86 bits per heavy atom. The van der Waals surface area contributed by atoms with Crippen LogP contribution in [-0.2, 0) is 11.3 Å². The third-order valence-corrected chi connectivity index (χ3v) is 5.12. The van der Waals surface area contributed by atoms with Gasteiger partial charge in [-0.3, -0.25) is 9.36 Å². The maximum atomic E-state index is 12.3. The van der Waals surface area contributed by atoms with Crippen LogP contribution in [-0.4, -0.2) is 47.1 Å². The highest BCUT2D eigenvalue weighted by Gasteiger charge is 2.30. The Labute approximate surface area is 204 Å². The lowest BCUT2D eigenvalue weighted by Crippen LogP contribution is -2.25. The molecule has 2 heterocycles. The lowest BCUT2D eigenvalue weighted by molar-refractivity contribution is -0.274. The molecule has 0 aliphatic carbocycles. The zero-order valence-corrected chi connectivity index (χ0v) is 19.3.